The second kappa shape index (κ2) is 7.54. The van der Waals surface area contributed by atoms with Gasteiger partial charge in [-0.25, -0.2) is 0 Å². The smallest absolute Gasteiger partial charge is 0.0470 e. The zero-order valence-corrected chi connectivity index (χ0v) is 18.1. The van der Waals surface area contributed by atoms with Gasteiger partial charge in [0, 0.05) is 56.9 Å². The first-order chi connectivity index (χ1) is 14.1. The standard InChI is InChI=1S/C26H35N3/c1-22(2)15-29-25(18-27(19-25)16-23-9-5-3-6-10-23)13-14-26(29)20-28(21-26)17-24-11-7-4-8-12-24/h3-12,22H,13-21H2,1-2H3. The molecule has 0 unspecified atom stereocenters. The molecule has 3 saturated heterocycles. The Hall–Kier alpha value is -1.68. The maximum atomic E-state index is 2.97. The van der Waals surface area contributed by atoms with Gasteiger partial charge in [0.2, 0.25) is 0 Å². The normalized spacial score (nSPS) is 23.6. The second-order valence-corrected chi connectivity index (χ2v) is 10.2. The summed E-state index contributed by atoms with van der Waals surface area (Å²) < 4.78 is 0. The van der Waals surface area contributed by atoms with Gasteiger partial charge in [-0.1, -0.05) is 74.5 Å². The zero-order chi connectivity index (χ0) is 19.9. The summed E-state index contributed by atoms with van der Waals surface area (Å²) in [5, 5.41) is 0. The van der Waals surface area contributed by atoms with Crippen molar-refractivity contribution in [1.29, 1.82) is 0 Å². The lowest BCUT2D eigenvalue weighted by molar-refractivity contribution is -0.123. The second-order valence-electron chi connectivity index (χ2n) is 10.2. The molecule has 0 saturated carbocycles. The van der Waals surface area contributed by atoms with Gasteiger partial charge in [0.05, 0.1) is 0 Å². The predicted molar refractivity (Wildman–Crippen MR) is 120 cm³/mol. The van der Waals surface area contributed by atoms with Gasteiger partial charge in [0.25, 0.3) is 0 Å². The molecule has 0 atom stereocenters. The third-order valence-electron chi connectivity index (χ3n) is 7.32. The van der Waals surface area contributed by atoms with Gasteiger partial charge < -0.3 is 0 Å². The first-order valence-electron chi connectivity index (χ1n) is 11.4. The summed E-state index contributed by atoms with van der Waals surface area (Å²) >= 11 is 0. The number of benzene rings is 2. The van der Waals surface area contributed by atoms with E-state index in [4.69, 9.17) is 0 Å². The minimum Gasteiger partial charge on any atom is -0.295 e. The van der Waals surface area contributed by atoms with Gasteiger partial charge in [-0.15, -0.1) is 0 Å². The van der Waals surface area contributed by atoms with Crippen LogP contribution >= 0.6 is 0 Å². The molecule has 3 fully saturated rings. The fourth-order valence-corrected chi connectivity index (χ4v) is 6.13. The van der Waals surface area contributed by atoms with Crippen molar-refractivity contribution in [2.75, 3.05) is 32.7 Å². The maximum Gasteiger partial charge on any atom is 0.0470 e. The molecule has 154 valence electrons. The highest BCUT2D eigenvalue weighted by molar-refractivity contribution is 5.23. The molecule has 5 rings (SSSR count). The van der Waals surface area contributed by atoms with Crippen LogP contribution in [0.5, 0.6) is 0 Å². The molecule has 29 heavy (non-hydrogen) atoms. The summed E-state index contributed by atoms with van der Waals surface area (Å²) in [6.07, 6.45) is 2.76. The van der Waals surface area contributed by atoms with Crippen molar-refractivity contribution in [2.45, 2.75) is 50.9 Å². The molecule has 3 heteroatoms. The largest absolute Gasteiger partial charge is 0.295 e. The molecule has 2 aromatic rings. The third kappa shape index (κ3) is 3.65. The highest BCUT2D eigenvalue weighted by atomic mass is 15.5. The molecule has 0 aromatic heterocycles. The van der Waals surface area contributed by atoms with Crippen LogP contribution in [0.15, 0.2) is 60.7 Å². The van der Waals surface area contributed by atoms with E-state index in [1.54, 1.807) is 0 Å². The molecular weight excluding hydrogens is 354 g/mol. The van der Waals surface area contributed by atoms with Crippen molar-refractivity contribution < 1.29 is 0 Å². The Morgan fingerprint density at radius 3 is 1.48 bits per heavy atom. The predicted octanol–water partition coefficient (Wildman–Crippen LogP) is 4.25. The van der Waals surface area contributed by atoms with E-state index >= 15 is 0 Å². The van der Waals surface area contributed by atoms with E-state index in [1.807, 2.05) is 0 Å². The Morgan fingerprint density at radius 1 is 0.690 bits per heavy atom. The number of rotatable bonds is 6. The molecule has 3 aliphatic rings. The summed E-state index contributed by atoms with van der Waals surface area (Å²) in [5.74, 6) is 0.730. The number of hydrogen-bond donors (Lipinski definition) is 0. The van der Waals surface area contributed by atoms with Crippen molar-refractivity contribution in [3.05, 3.63) is 71.8 Å². The quantitative estimate of drug-likeness (QED) is 0.731. The lowest BCUT2D eigenvalue weighted by atomic mass is 9.85. The van der Waals surface area contributed by atoms with Crippen LogP contribution in [0.1, 0.15) is 37.8 Å². The van der Waals surface area contributed by atoms with E-state index in [-0.39, 0.29) is 0 Å². The highest BCUT2D eigenvalue weighted by Gasteiger charge is 2.62. The Bertz CT molecular complexity index is 739. The summed E-state index contributed by atoms with van der Waals surface area (Å²) in [4.78, 5) is 8.28. The number of likely N-dealkylation sites (tertiary alicyclic amines) is 3. The van der Waals surface area contributed by atoms with Crippen LogP contribution < -0.4 is 0 Å². The Kier molecular flexibility index (Phi) is 5.01. The van der Waals surface area contributed by atoms with Gasteiger partial charge in [-0.2, -0.15) is 0 Å². The lowest BCUT2D eigenvalue weighted by Gasteiger charge is -2.61. The summed E-state index contributed by atoms with van der Waals surface area (Å²) in [6.45, 7) is 13.2. The van der Waals surface area contributed by atoms with Crippen LogP contribution in [0, 0.1) is 5.92 Å². The molecule has 0 aliphatic carbocycles. The molecule has 2 aromatic carbocycles. The Morgan fingerprint density at radius 2 is 1.10 bits per heavy atom. The van der Waals surface area contributed by atoms with E-state index in [1.165, 1.54) is 56.7 Å². The van der Waals surface area contributed by atoms with E-state index < -0.39 is 0 Å². The molecule has 0 radical (unpaired) electrons. The molecule has 3 nitrogen and oxygen atoms in total. The van der Waals surface area contributed by atoms with Crippen LogP contribution in [-0.2, 0) is 13.1 Å². The number of hydrogen-bond acceptors (Lipinski definition) is 3. The highest BCUT2D eigenvalue weighted by Crippen LogP contribution is 2.50. The monoisotopic (exact) mass is 389 g/mol. The van der Waals surface area contributed by atoms with Gasteiger partial charge >= 0.3 is 0 Å². The van der Waals surface area contributed by atoms with Crippen LogP contribution in [0.3, 0.4) is 0 Å². The topological polar surface area (TPSA) is 9.72 Å². The van der Waals surface area contributed by atoms with Gasteiger partial charge in [0.1, 0.15) is 0 Å². The molecule has 0 N–H and O–H groups in total. The summed E-state index contributed by atoms with van der Waals surface area (Å²) in [5.41, 5.74) is 3.75. The molecule has 2 spiro atoms. The van der Waals surface area contributed by atoms with Crippen LogP contribution in [0.2, 0.25) is 0 Å². The van der Waals surface area contributed by atoms with Crippen molar-refractivity contribution >= 4 is 0 Å². The van der Waals surface area contributed by atoms with Crippen molar-refractivity contribution in [1.82, 2.24) is 14.7 Å². The molecule has 0 bridgehead atoms. The van der Waals surface area contributed by atoms with Crippen molar-refractivity contribution in [2.24, 2.45) is 5.92 Å². The third-order valence-corrected chi connectivity index (χ3v) is 7.32. The molecule has 0 amide bonds. The fraction of sp³-hybridized carbons (Fsp3) is 0.538. The fourth-order valence-electron chi connectivity index (χ4n) is 6.13. The van der Waals surface area contributed by atoms with Gasteiger partial charge in [-0.05, 0) is 29.9 Å². The minimum atomic E-state index is 0.428. The minimum absolute atomic E-state index is 0.428. The van der Waals surface area contributed by atoms with Crippen LogP contribution in [-0.4, -0.2) is 58.5 Å². The lowest BCUT2D eigenvalue weighted by Crippen LogP contribution is -2.76. The van der Waals surface area contributed by atoms with Gasteiger partial charge in [-0.3, -0.25) is 14.7 Å². The molecular formula is C26H35N3. The summed E-state index contributed by atoms with van der Waals surface area (Å²) in [7, 11) is 0. The Labute approximate surface area is 176 Å². The first kappa shape index (κ1) is 19.3. The van der Waals surface area contributed by atoms with Crippen molar-refractivity contribution in [3.8, 4) is 0 Å². The van der Waals surface area contributed by atoms with Crippen LogP contribution in [0.25, 0.3) is 0 Å². The van der Waals surface area contributed by atoms with E-state index in [0.29, 0.717) is 11.1 Å². The van der Waals surface area contributed by atoms with E-state index in [0.717, 1.165) is 19.0 Å². The SMILES string of the molecule is CC(C)CN1C2(CCC13CN(Cc1ccccc1)C3)CN(Cc1ccccc1)C2. The van der Waals surface area contributed by atoms with Crippen molar-refractivity contribution in [3.63, 3.8) is 0 Å². The van der Waals surface area contributed by atoms with Crippen LogP contribution in [0.4, 0.5) is 0 Å². The maximum absolute atomic E-state index is 2.97. The van der Waals surface area contributed by atoms with Gasteiger partial charge in [0.15, 0.2) is 0 Å². The average molecular weight is 390 g/mol. The average Bonchev–Trinajstić information content (AvgIpc) is 2.98. The zero-order valence-electron chi connectivity index (χ0n) is 18.1. The Balaban J connectivity index is 1.24. The molecule has 3 aliphatic heterocycles. The van der Waals surface area contributed by atoms with E-state index in [9.17, 15) is 0 Å². The first-order valence-corrected chi connectivity index (χ1v) is 11.4. The summed E-state index contributed by atoms with van der Waals surface area (Å²) in [6, 6.07) is 21.9. The van der Waals surface area contributed by atoms with E-state index in [2.05, 4.69) is 89.2 Å². The molecule has 3 heterocycles. The number of nitrogens with zero attached hydrogens (tertiary/aromatic N) is 3.